The number of carbonyl (C=O) groups excluding carboxylic acids is 1. The summed E-state index contributed by atoms with van der Waals surface area (Å²) in [5.74, 6) is -0.520. The molecule has 0 aromatic heterocycles. The van der Waals surface area contributed by atoms with Gasteiger partial charge >= 0.3 is 5.97 Å². The second kappa shape index (κ2) is 6.89. The number of alkyl halides is 1. The van der Waals surface area contributed by atoms with E-state index >= 15 is 0 Å². The normalized spacial score (nSPS) is 9.92. The zero-order valence-electron chi connectivity index (χ0n) is 8.56. The van der Waals surface area contributed by atoms with Gasteiger partial charge < -0.3 is 5.11 Å². The first-order valence-electron chi connectivity index (χ1n) is 4.06. The lowest BCUT2D eigenvalue weighted by atomic mass is 9.92. The van der Waals surface area contributed by atoms with Crippen LogP contribution in [0.5, 0.6) is 0 Å². The van der Waals surface area contributed by atoms with Crippen LogP contribution < -0.4 is 0 Å². The maximum absolute atomic E-state index is 10.7. The summed E-state index contributed by atoms with van der Waals surface area (Å²) < 4.78 is 0. The van der Waals surface area contributed by atoms with Gasteiger partial charge in [-0.2, -0.15) is 0 Å². The molecule has 13 heavy (non-hydrogen) atoms. The van der Waals surface area contributed by atoms with E-state index in [9.17, 15) is 9.59 Å². The van der Waals surface area contributed by atoms with Crippen LogP contribution in [-0.4, -0.2) is 22.7 Å². The van der Waals surface area contributed by atoms with E-state index in [4.69, 9.17) is 16.7 Å². The Labute approximate surface area is 84.1 Å². The van der Waals surface area contributed by atoms with Crippen LogP contribution in [0.2, 0.25) is 0 Å². The van der Waals surface area contributed by atoms with Gasteiger partial charge in [-0.05, 0) is 0 Å². The van der Waals surface area contributed by atoms with Crippen LogP contribution in [0.4, 0.5) is 0 Å². The van der Waals surface area contributed by atoms with Crippen molar-refractivity contribution in [3.8, 4) is 0 Å². The number of Topliss-reactive ketones (excluding diaryl/α,β-unsaturated/α-hetero) is 1. The first-order valence-corrected chi connectivity index (χ1v) is 4.60. The molecule has 0 spiro atoms. The van der Waals surface area contributed by atoms with Crippen LogP contribution in [0, 0.1) is 5.41 Å². The molecule has 0 aliphatic rings. The molecule has 0 saturated heterocycles. The molecule has 0 rings (SSSR count). The Hall–Kier alpha value is -0.570. The Morgan fingerprint density at radius 3 is 1.62 bits per heavy atom. The molecule has 0 bridgehead atoms. The first-order chi connectivity index (χ1) is 5.75. The Morgan fingerprint density at radius 1 is 1.31 bits per heavy atom. The summed E-state index contributed by atoms with van der Waals surface area (Å²) in [6.45, 7) is 7.18. The average molecular weight is 209 g/mol. The Bertz CT molecular complexity index is 170. The fourth-order valence-electron chi connectivity index (χ4n) is 0.200. The SMILES string of the molecule is CC(C)(C)C(=O)CCl.CCC(=O)O. The van der Waals surface area contributed by atoms with Gasteiger partial charge in [-0.15, -0.1) is 11.6 Å². The van der Waals surface area contributed by atoms with Gasteiger partial charge in [0.05, 0.1) is 5.88 Å². The van der Waals surface area contributed by atoms with Gasteiger partial charge in [-0.1, -0.05) is 27.7 Å². The molecule has 0 aliphatic heterocycles. The van der Waals surface area contributed by atoms with Gasteiger partial charge in [-0.25, -0.2) is 0 Å². The Kier molecular flexibility index (Phi) is 7.92. The molecule has 0 aromatic carbocycles. The van der Waals surface area contributed by atoms with E-state index in [0.29, 0.717) is 0 Å². The average Bonchev–Trinajstić information content (AvgIpc) is 2.02. The number of carboxylic acid groups (broad SMARTS) is 1. The van der Waals surface area contributed by atoms with Crippen LogP contribution in [0.15, 0.2) is 0 Å². The van der Waals surface area contributed by atoms with Crippen molar-refractivity contribution in [2.75, 3.05) is 5.88 Å². The molecule has 0 radical (unpaired) electrons. The number of ketones is 1. The topological polar surface area (TPSA) is 54.4 Å². The lowest BCUT2D eigenvalue weighted by Gasteiger charge is -2.13. The molecule has 3 nitrogen and oxygen atoms in total. The number of carboxylic acids is 1. The zero-order valence-corrected chi connectivity index (χ0v) is 9.31. The summed E-state index contributed by atoms with van der Waals surface area (Å²) in [5.41, 5.74) is -0.262. The Morgan fingerprint density at radius 2 is 1.62 bits per heavy atom. The van der Waals surface area contributed by atoms with Crippen molar-refractivity contribution >= 4 is 23.4 Å². The van der Waals surface area contributed by atoms with Crippen molar-refractivity contribution in [1.29, 1.82) is 0 Å². The smallest absolute Gasteiger partial charge is 0.303 e. The molecule has 78 valence electrons. The van der Waals surface area contributed by atoms with Crippen molar-refractivity contribution in [1.82, 2.24) is 0 Å². The molecule has 0 amide bonds. The van der Waals surface area contributed by atoms with Gasteiger partial charge in [0.1, 0.15) is 0 Å². The van der Waals surface area contributed by atoms with E-state index in [0.717, 1.165) is 0 Å². The molecule has 1 N–H and O–H groups in total. The van der Waals surface area contributed by atoms with Crippen LogP contribution in [0.25, 0.3) is 0 Å². The summed E-state index contributed by atoms with van der Waals surface area (Å²) in [4.78, 5) is 20.1. The highest BCUT2D eigenvalue weighted by molar-refractivity contribution is 6.28. The molecule has 0 atom stereocenters. The van der Waals surface area contributed by atoms with Crippen molar-refractivity contribution in [3.05, 3.63) is 0 Å². The molecular formula is C9H17ClO3. The fourth-order valence-corrected chi connectivity index (χ4v) is 0.601. The molecule has 0 aliphatic carbocycles. The summed E-state index contributed by atoms with van der Waals surface area (Å²) in [5, 5.41) is 7.72. The highest BCUT2D eigenvalue weighted by Gasteiger charge is 2.18. The van der Waals surface area contributed by atoms with Gasteiger partial charge in [-0.3, -0.25) is 9.59 Å². The number of hydrogen-bond acceptors (Lipinski definition) is 2. The minimum absolute atomic E-state index is 0.0965. The number of carbonyl (C=O) groups is 2. The predicted octanol–water partition coefficient (Wildman–Crippen LogP) is 2.32. The molecule has 0 fully saturated rings. The van der Waals surface area contributed by atoms with E-state index in [1.165, 1.54) is 0 Å². The van der Waals surface area contributed by atoms with Crippen LogP contribution in [0.1, 0.15) is 34.1 Å². The molecule has 0 aromatic rings. The van der Waals surface area contributed by atoms with E-state index in [1.54, 1.807) is 6.92 Å². The molecule has 0 heterocycles. The lowest BCUT2D eigenvalue weighted by molar-refractivity contribution is -0.136. The lowest BCUT2D eigenvalue weighted by Crippen LogP contribution is -2.20. The minimum Gasteiger partial charge on any atom is -0.481 e. The van der Waals surface area contributed by atoms with E-state index in [2.05, 4.69) is 0 Å². The van der Waals surface area contributed by atoms with E-state index < -0.39 is 5.97 Å². The second-order valence-electron chi connectivity index (χ2n) is 3.55. The van der Waals surface area contributed by atoms with Crippen LogP contribution in [0.3, 0.4) is 0 Å². The van der Waals surface area contributed by atoms with Crippen molar-refractivity contribution in [2.45, 2.75) is 34.1 Å². The maximum atomic E-state index is 10.7. The Balaban J connectivity index is 0. The second-order valence-corrected chi connectivity index (χ2v) is 3.82. The van der Waals surface area contributed by atoms with Gasteiger partial charge in [0.2, 0.25) is 0 Å². The first kappa shape index (κ1) is 14.9. The van der Waals surface area contributed by atoms with E-state index in [-0.39, 0.29) is 23.5 Å². The van der Waals surface area contributed by atoms with Gasteiger partial charge in [0.15, 0.2) is 5.78 Å². The van der Waals surface area contributed by atoms with Gasteiger partial charge in [0, 0.05) is 11.8 Å². The minimum atomic E-state index is -0.745. The molecule has 0 unspecified atom stereocenters. The van der Waals surface area contributed by atoms with Gasteiger partial charge in [0.25, 0.3) is 0 Å². The van der Waals surface area contributed by atoms with Crippen molar-refractivity contribution in [2.24, 2.45) is 5.41 Å². The third kappa shape index (κ3) is 11.4. The summed E-state index contributed by atoms with van der Waals surface area (Å²) in [6, 6.07) is 0. The number of hydrogen-bond donors (Lipinski definition) is 1. The predicted molar refractivity (Wildman–Crippen MR) is 53.1 cm³/mol. The molecule has 4 heteroatoms. The van der Waals surface area contributed by atoms with Crippen molar-refractivity contribution in [3.63, 3.8) is 0 Å². The fraction of sp³-hybridized carbons (Fsp3) is 0.778. The highest BCUT2D eigenvalue weighted by atomic mass is 35.5. The van der Waals surface area contributed by atoms with Crippen molar-refractivity contribution < 1.29 is 14.7 Å². The third-order valence-electron chi connectivity index (χ3n) is 1.26. The third-order valence-corrected chi connectivity index (χ3v) is 1.50. The zero-order chi connectivity index (χ0) is 11.1. The molecule has 0 saturated carbocycles. The summed E-state index contributed by atoms with van der Waals surface area (Å²) in [6.07, 6.45) is 0.222. The standard InChI is InChI=1S/C6H11ClO.C3H6O2/c1-6(2,3)5(8)4-7;1-2-3(4)5/h4H2,1-3H3;2H2,1H3,(H,4,5). The van der Waals surface area contributed by atoms with E-state index in [1.807, 2.05) is 20.8 Å². The molecular weight excluding hydrogens is 192 g/mol. The summed E-state index contributed by atoms with van der Waals surface area (Å²) in [7, 11) is 0. The summed E-state index contributed by atoms with van der Waals surface area (Å²) >= 11 is 5.29. The maximum Gasteiger partial charge on any atom is 0.303 e. The number of aliphatic carboxylic acids is 1. The largest absolute Gasteiger partial charge is 0.481 e. The van der Waals surface area contributed by atoms with Crippen LogP contribution in [-0.2, 0) is 9.59 Å². The van der Waals surface area contributed by atoms with Crippen LogP contribution >= 0.6 is 11.6 Å². The number of rotatable bonds is 2. The monoisotopic (exact) mass is 208 g/mol. The number of halogens is 1. The quantitative estimate of drug-likeness (QED) is 0.709. The highest BCUT2D eigenvalue weighted by Crippen LogP contribution is 2.14.